The number of carbonyl (C=O) groups is 1. The summed E-state index contributed by atoms with van der Waals surface area (Å²) in [4.78, 5) is 11.7. The Morgan fingerprint density at radius 3 is 2.86 bits per heavy atom. The summed E-state index contributed by atoms with van der Waals surface area (Å²) in [5, 5.41) is 6.66. The van der Waals surface area contributed by atoms with Gasteiger partial charge in [-0.1, -0.05) is 30.7 Å². The number of amides is 1. The SMILES string of the molecule is CCC(CNC(=O)CNCC1CC1)Oc1ccccc1Cl. The lowest BCUT2D eigenvalue weighted by molar-refractivity contribution is -0.120. The van der Waals surface area contributed by atoms with E-state index in [1.54, 1.807) is 6.07 Å². The molecule has 0 aliphatic heterocycles. The Morgan fingerprint density at radius 1 is 1.43 bits per heavy atom. The van der Waals surface area contributed by atoms with E-state index in [-0.39, 0.29) is 12.0 Å². The van der Waals surface area contributed by atoms with Gasteiger partial charge < -0.3 is 15.4 Å². The normalized spacial score (nSPS) is 15.5. The molecule has 1 aliphatic carbocycles. The first-order chi connectivity index (χ1) is 10.2. The number of carbonyl (C=O) groups excluding carboxylic acids is 1. The van der Waals surface area contributed by atoms with Gasteiger partial charge in [0.1, 0.15) is 11.9 Å². The molecule has 1 aliphatic rings. The van der Waals surface area contributed by atoms with Gasteiger partial charge in [-0.25, -0.2) is 0 Å². The van der Waals surface area contributed by atoms with Gasteiger partial charge in [-0.15, -0.1) is 0 Å². The lowest BCUT2D eigenvalue weighted by atomic mass is 10.2. The van der Waals surface area contributed by atoms with Crippen molar-refractivity contribution in [1.29, 1.82) is 0 Å². The third kappa shape index (κ3) is 5.94. The molecule has 116 valence electrons. The van der Waals surface area contributed by atoms with Gasteiger partial charge in [-0.05, 0) is 43.9 Å². The smallest absolute Gasteiger partial charge is 0.234 e. The Labute approximate surface area is 131 Å². The Morgan fingerprint density at radius 2 is 2.19 bits per heavy atom. The number of halogens is 1. The molecular formula is C16H23ClN2O2. The fraction of sp³-hybridized carbons (Fsp3) is 0.562. The predicted octanol–water partition coefficient (Wildman–Crippen LogP) is 2.61. The molecule has 0 spiro atoms. The highest BCUT2D eigenvalue weighted by Crippen LogP contribution is 2.27. The van der Waals surface area contributed by atoms with Crippen LogP contribution in [0, 0.1) is 5.92 Å². The molecule has 0 bridgehead atoms. The Hall–Kier alpha value is -1.26. The second-order valence-electron chi connectivity index (χ2n) is 5.46. The second-order valence-corrected chi connectivity index (χ2v) is 5.86. The van der Waals surface area contributed by atoms with Crippen molar-refractivity contribution in [1.82, 2.24) is 10.6 Å². The molecule has 1 amide bonds. The zero-order chi connectivity index (χ0) is 15.1. The zero-order valence-corrected chi connectivity index (χ0v) is 13.2. The summed E-state index contributed by atoms with van der Waals surface area (Å²) in [6.07, 6.45) is 3.31. The molecule has 1 aromatic carbocycles. The minimum absolute atomic E-state index is 0.0110. The van der Waals surface area contributed by atoms with Crippen LogP contribution < -0.4 is 15.4 Å². The van der Waals surface area contributed by atoms with E-state index in [1.807, 2.05) is 25.1 Å². The molecular weight excluding hydrogens is 288 g/mol. The number of benzene rings is 1. The first-order valence-corrected chi connectivity index (χ1v) is 7.95. The van der Waals surface area contributed by atoms with Crippen molar-refractivity contribution in [3.8, 4) is 5.75 Å². The number of nitrogens with one attached hydrogen (secondary N) is 2. The van der Waals surface area contributed by atoms with Crippen LogP contribution in [0.2, 0.25) is 5.02 Å². The number of hydrogen-bond donors (Lipinski definition) is 2. The summed E-state index contributed by atoms with van der Waals surface area (Å²) in [5.41, 5.74) is 0. The van der Waals surface area contributed by atoms with Gasteiger partial charge in [0.15, 0.2) is 0 Å². The summed E-state index contributed by atoms with van der Waals surface area (Å²) in [6.45, 7) is 3.84. The standard InChI is InChI=1S/C16H23ClN2O2/c1-2-13(21-15-6-4-3-5-14(15)17)10-19-16(20)11-18-9-12-7-8-12/h3-6,12-13,18H,2,7-11H2,1H3,(H,19,20). The maximum atomic E-state index is 11.7. The molecule has 5 heteroatoms. The van der Waals surface area contributed by atoms with Gasteiger partial charge in [0.25, 0.3) is 0 Å². The van der Waals surface area contributed by atoms with Crippen molar-refractivity contribution < 1.29 is 9.53 Å². The van der Waals surface area contributed by atoms with Crippen LogP contribution in [0.15, 0.2) is 24.3 Å². The molecule has 0 aromatic heterocycles. The average Bonchev–Trinajstić information content (AvgIpc) is 3.29. The van der Waals surface area contributed by atoms with Crippen molar-refractivity contribution in [2.75, 3.05) is 19.6 Å². The van der Waals surface area contributed by atoms with Crippen LogP contribution >= 0.6 is 11.6 Å². The monoisotopic (exact) mass is 310 g/mol. The van der Waals surface area contributed by atoms with Gasteiger partial charge in [0.2, 0.25) is 5.91 Å². The first kappa shape index (κ1) is 16.1. The predicted molar refractivity (Wildman–Crippen MR) is 84.8 cm³/mol. The fourth-order valence-corrected chi connectivity index (χ4v) is 2.17. The van der Waals surface area contributed by atoms with Crippen molar-refractivity contribution >= 4 is 17.5 Å². The van der Waals surface area contributed by atoms with E-state index in [0.29, 0.717) is 23.9 Å². The molecule has 1 saturated carbocycles. The lowest BCUT2D eigenvalue weighted by Crippen LogP contribution is -2.40. The third-order valence-corrected chi connectivity index (χ3v) is 3.84. The first-order valence-electron chi connectivity index (χ1n) is 7.57. The van der Waals surface area contributed by atoms with E-state index in [9.17, 15) is 4.79 Å². The van der Waals surface area contributed by atoms with Crippen LogP contribution in [0.1, 0.15) is 26.2 Å². The zero-order valence-electron chi connectivity index (χ0n) is 12.4. The van der Waals surface area contributed by atoms with Gasteiger partial charge in [-0.3, -0.25) is 4.79 Å². The quantitative estimate of drug-likeness (QED) is 0.737. The van der Waals surface area contributed by atoms with Gasteiger partial charge in [0, 0.05) is 0 Å². The van der Waals surface area contributed by atoms with Crippen LogP contribution in [0.4, 0.5) is 0 Å². The van der Waals surface area contributed by atoms with E-state index < -0.39 is 0 Å². The maximum Gasteiger partial charge on any atom is 0.234 e. The van der Waals surface area contributed by atoms with Crippen molar-refractivity contribution in [3.05, 3.63) is 29.3 Å². The average molecular weight is 311 g/mol. The van der Waals surface area contributed by atoms with Crippen LogP contribution in [0.3, 0.4) is 0 Å². The highest BCUT2D eigenvalue weighted by Gasteiger charge is 2.20. The number of ether oxygens (including phenoxy) is 1. The molecule has 2 N–H and O–H groups in total. The van der Waals surface area contributed by atoms with Gasteiger partial charge in [0.05, 0.1) is 18.1 Å². The van der Waals surface area contributed by atoms with Crippen LogP contribution in [-0.4, -0.2) is 31.6 Å². The van der Waals surface area contributed by atoms with Crippen LogP contribution in [0.5, 0.6) is 5.75 Å². The van der Waals surface area contributed by atoms with Gasteiger partial charge >= 0.3 is 0 Å². The van der Waals surface area contributed by atoms with Crippen molar-refractivity contribution in [2.45, 2.75) is 32.3 Å². The van der Waals surface area contributed by atoms with Crippen LogP contribution in [0.25, 0.3) is 0 Å². The highest BCUT2D eigenvalue weighted by atomic mass is 35.5. The summed E-state index contributed by atoms with van der Waals surface area (Å²) < 4.78 is 5.83. The topological polar surface area (TPSA) is 50.4 Å². The fourth-order valence-electron chi connectivity index (χ4n) is 1.99. The minimum atomic E-state index is -0.0720. The van der Waals surface area contributed by atoms with E-state index in [4.69, 9.17) is 16.3 Å². The molecule has 1 unspecified atom stereocenters. The largest absolute Gasteiger partial charge is 0.487 e. The van der Waals surface area contributed by atoms with E-state index in [2.05, 4.69) is 10.6 Å². The van der Waals surface area contributed by atoms with Crippen molar-refractivity contribution in [3.63, 3.8) is 0 Å². The second kappa shape index (κ2) is 8.25. The molecule has 0 saturated heterocycles. The highest BCUT2D eigenvalue weighted by molar-refractivity contribution is 6.32. The van der Waals surface area contributed by atoms with E-state index in [0.717, 1.165) is 18.9 Å². The van der Waals surface area contributed by atoms with Crippen molar-refractivity contribution in [2.24, 2.45) is 5.92 Å². The molecule has 1 aromatic rings. The Bertz CT molecular complexity index is 463. The molecule has 1 fully saturated rings. The number of hydrogen-bond acceptors (Lipinski definition) is 3. The summed E-state index contributed by atoms with van der Waals surface area (Å²) >= 11 is 6.07. The molecule has 1 atom stereocenters. The summed E-state index contributed by atoms with van der Waals surface area (Å²) in [7, 11) is 0. The van der Waals surface area contributed by atoms with E-state index in [1.165, 1.54) is 12.8 Å². The lowest BCUT2D eigenvalue weighted by Gasteiger charge is -2.19. The third-order valence-electron chi connectivity index (χ3n) is 3.53. The van der Waals surface area contributed by atoms with Crippen LogP contribution in [-0.2, 0) is 4.79 Å². The molecule has 2 rings (SSSR count). The molecule has 0 radical (unpaired) electrons. The maximum absolute atomic E-state index is 11.7. The summed E-state index contributed by atoms with van der Waals surface area (Å²) in [6, 6.07) is 7.38. The number of rotatable bonds is 9. The Kier molecular flexibility index (Phi) is 6.33. The molecule has 21 heavy (non-hydrogen) atoms. The number of para-hydroxylation sites is 1. The van der Waals surface area contributed by atoms with Gasteiger partial charge in [-0.2, -0.15) is 0 Å². The minimum Gasteiger partial charge on any atom is -0.487 e. The molecule has 0 heterocycles. The summed E-state index contributed by atoms with van der Waals surface area (Å²) in [5.74, 6) is 1.45. The van der Waals surface area contributed by atoms with E-state index >= 15 is 0 Å². The molecule has 4 nitrogen and oxygen atoms in total. The Balaban J connectivity index is 1.68.